The highest BCUT2D eigenvalue weighted by molar-refractivity contribution is 7.90. The number of nitriles is 1. The molecule has 9 heteroatoms. The van der Waals surface area contributed by atoms with E-state index in [9.17, 15) is 19.1 Å². The summed E-state index contributed by atoms with van der Waals surface area (Å²) in [4.78, 5) is 10.4. The van der Waals surface area contributed by atoms with Gasteiger partial charge in [0.25, 0.3) is 5.69 Å². The molecule has 1 N–H and O–H groups in total. The molecule has 1 unspecified atom stereocenters. The number of benzene rings is 1. The second kappa shape index (κ2) is 8.58. The maximum absolute atomic E-state index is 14.4. The van der Waals surface area contributed by atoms with Crippen molar-refractivity contribution in [3.63, 3.8) is 0 Å². The molecule has 0 saturated heterocycles. The Kier molecular flexibility index (Phi) is 7.31. The van der Waals surface area contributed by atoms with Gasteiger partial charge in [0.1, 0.15) is 17.2 Å². The minimum absolute atomic E-state index is 0.0276. The second-order valence-electron chi connectivity index (χ2n) is 6.70. The van der Waals surface area contributed by atoms with Gasteiger partial charge >= 0.3 is 0 Å². The Hall–Kier alpha value is -1.73. The fourth-order valence-electron chi connectivity index (χ4n) is 2.04. The van der Waals surface area contributed by atoms with Crippen LogP contribution in [0.25, 0.3) is 0 Å². The van der Waals surface area contributed by atoms with Crippen molar-refractivity contribution >= 4 is 17.0 Å². The molecule has 0 bridgehead atoms. The highest BCUT2D eigenvalue weighted by Gasteiger charge is 2.39. The van der Waals surface area contributed by atoms with Crippen LogP contribution >= 0.6 is 0 Å². The summed E-state index contributed by atoms with van der Waals surface area (Å²) in [5.41, 5.74) is -1.41. The smallest absolute Gasteiger partial charge is 0.269 e. The van der Waals surface area contributed by atoms with Gasteiger partial charge in [-0.25, -0.2) is 4.39 Å². The van der Waals surface area contributed by atoms with Crippen LogP contribution in [0.2, 0.25) is 0 Å². The third kappa shape index (κ3) is 5.93. The van der Waals surface area contributed by atoms with E-state index in [-0.39, 0.29) is 30.9 Å². The Morgan fingerprint density at radius 3 is 2.56 bits per heavy atom. The molecule has 1 aromatic carbocycles. The van der Waals surface area contributed by atoms with E-state index in [1.54, 1.807) is 27.7 Å². The molecule has 0 aliphatic carbocycles. The number of ether oxygens (including phenoxy) is 1. The first-order valence-electron chi connectivity index (χ1n) is 7.60. The molecule has 0 saturated carbocycles. The average Bonchev–Trinajstić information content (AvgIpc) is 2.50. The Morgan fingerprint density at radius 1 is 1.40 bits per heavy atom. The summed E-state index contributed by atoms with van der Waals surface area (Å²) < 4.78 is 34.3. The van der Waals surface area contributed by atoms with Gasteiger partial charge in [-0.3, -0.25) is 10.1 Å². The molecule has 0 aliphatic rings. The monoisotopic (exact) mass is 371 g/mol. The first-order chi connectivity index (χ1) is 11.5. The third-order valence-corrected chi connectivity index (χ3v) is 5.29. The van der Waals surface area contributed by atoms with Crippen molar-refractivity contribution in [1.82, 2.24) is 4.72 Å². The lowest BCUT2D eigenvalue weighted by Crippen LogP contribution is -2.50. The molecule has 0 aromatic heterocycles. The molecule has 0 fully saturated rings. The number of rotatable bonds is 8. The maximum Gasteiger partial charge on any atom is 0.269 e. The number of nitrogens with zero attached hydrogens (tertiary/aromatic N) is 2. The molecule has 0 spiro atoms. The Labute approximate surface area is 149 Å². The van der Waals surface area contributed by atoms with E-state index in [1.165, 1.54) is 0 Å². The predicted octanol–water partition coefficient (Wildman–Crippen LogP) is 2.93. The Morgan fingerprint density at radius 2 is 2.04 bits per heavy atom. The van der Waals surface area contributed by atoms with E-state index in [0.29, 0.717) is 0 Å². The second-order valence-corrected chi connectivity index (χ2v) is 8.66. The van der Waals surface area contributed by atoms with Crippen LogP contribution in [0, 0.1) is 27.3 Å². The highest BCUT2D eigenvalue weighted by Crippen LogP contribution is 2.32. The normalized spacial score (nSPS) is 15.2. The molecule has 0 aliphatic heterocycles. The van der Waals surface area contributed by atoms with Crippen molar-refractivity contribution in [3.8, 4) is 6.07 Å². The van der Waals surface area contributed by atoms with Crippen LogP contribution < -0.4 is 4.72 Å². The Balaban J connectivity index is 3.23. The van der Waals surface area contributed by atoms with Gasteiger partial charge in [0.2, 0.25) is 0 Å². The van der Waals surface area contributed by atoms with Crippen LogP contribution in [0.4, 0.5) is 10.1 Å². The van der Waals surface area contributed by atoms with Crippen LogP contribution in [0.5, 0.6) is 0 Å². The van der Waals surface area contributed by atoms with Crippen molar-refractivity contribution < 1.29 is 18.6 Å². The lowest BCUT2D eigenvalue weighted by atomic mass is 9.89. The van der Waals surface area contributed by atoms with Crippen LogP contribution in [-0.4, -0.2) is 27.4 Å². The zero-order valence-electron chi connectivity index (χ0n) is 14.7. The summed E-state index contributed by atoms with van der Waals surface area (Å²) in [6.07, 6.45) is 0.175. The van der Waals surface area contributed by atoms with Crippen molar-refractivity contribution in [2.75, 3.05) is 13.2 Å². The molecule has 7 nitrogen and oxygen atoms in total. The number of halogens is 1. The summed E-state index contributed by atoms with van der Waals surface area (Å²) in [5.74, 6) is -0.646. The summed E-state index contributed by atoms with van der Waals surface area (Å²) in [5, 5.41) is 19.5. The standard InChI is InChI=1S/C16H22FN3O4S/c1-15(2,3)25(23)19-16(4,7-9-24-10-8-18)13-11-12(20(21)22)5-6-14(13)17/h5-6,11,19H,7,9-10H2,1-4H3/t16-,25?/m0/s1. The van der Waals surface area contributed by atoms with Gasteiger partial charge in [-0.05, 0) is 40.2 Å². The van der Waals surface area contributed by atoms with Gasteiger partial charge in [0.15, 0.2) is 0 Å². The van der Waals surface area contributed by atoms with E-state index in [0.717, 1.165) is 18.2 Å². The summed E-state index contributed by atoms with van der Waals surface area (Å²) in [6, 6.07) is 5.05. The quantitative estimate of drug-likeness (QED) is 0.325. The number of non-ortho nitro benzene ring substituents is 1. The predicted molar refractivity (Wildman–Crippen MR) is 92.5 cm³/mol. The van der Waals surface area contributed by atoms with Gasteiger partial charge in [-0.2, -0.15) is 5.26 Å². The fraction of sp³-hybridized carbons (Fsp3) is 0.562. The zero-order chi connectivity index (χ0) is 19.3. The van der Waals surface area contributed by atoms with Gasteiger partial charge in [-0.1, -0.05) is 0 Å². The van der Waals surface area contributed by atoms with E-state index >= 15 is 0 Å². The van der Waals surface area contributed by atoms with Crippen molar-refractivity contribution in [3.05, 3.63) is 39.7 Å². The van der Waals surface area contributed by atoms with Crippen molar-refractivity contribution in [2.45, 2.75) is 44.4 Å². The van der Waals surface area contributed by atoms with E-state index in [2.05, 4.69) is 4.72 Å². The first kappa shape index (κ1) is 21.3. The van der Waals surface area contributed by atoms with E-state index < -0.39 is 32.4 Å². The molecular weight excluding hydrogens is 349 g/mol. The fourth-order valence-corrected chi connectivity index (χ4v) is 2.97. The topological polar surface area (TPSA) is 111 Å². The molecular formula is C16H22FN3O4S. The summed E-state index contributed by atoms with van der Waals surface area (Å²) in [7, 11) is 0. The van der Waals surface area contributed by atoms with Gasteiger partial charge in [-0.15, -0.1) is 4.72 Å². The van der Waals surface area contributed by atoms with Crippen LogP contribution in [0.15, 0.2) is 18.2 Å². The number of nitro groups is 1. The van der Waals surface area contributed by atoms with Gasteiger partial charge in [0.05, 0.1) is 23.1 Å². The van der Waals surface area contributed by atoms with Crippen molar-refractivity contribution in [2.24, 2.45) is 0 Å². The van der Waals surface area contributed by atoms with Crippen LogP contribution in [0.3, 0.4) is 0 Å². The summed E-state index contributed by atoms with van der Waals surface area (Å²) >= 11 is -1.55. The maximum atomic E-state index is 14.4. The van der Waals surface area contributed by atoms with Crippen LogP contribution in [0.1, 0.15) is 39.7 Å². The largest absolute Gasteiger partial charge is 0.598 e. The number of hydrogen-bond donors (Lipinski definition) is 1. The first-order valence-corrected chi connectivity index (χ1v) is 8.75. The number of nitrogens with one attached hydrogen (secondary N) is 1. The minimum atomic E-state index is -1.55. The molecule has 25 heavy (non-hydrogen) atoms. The minimum Gasteiger partial charge on any atom is -0.598 e. The summed E-state index contributed by atoms with van der Waals surface area (Å²) in [6.45, 7) is 6.84. The van der Waals surface area contributed by atoms with Gasteiger partial charge in [0, 0.05) is 29.1 Å². The number of nitro benzene ring substituents is 1. The lowest BCUT2D eigenvalue weighted by Gasteiger charge is -2.35. The highest BCUT2D eigenvalue weighted by atomic mass is 32.2. The molecule has 0 radical (unpaired) electrons. The molecule has 1 aromatic rings. The molecule has 2 atom stereocenters. The zero-order valence-corrected chi connectivity index (χ0v) is 15.5. The SMILES string of the molecule is CC(C)(C)[S+]([O-])N[C@@](C)(CCOCC#N)c1cc([N+](=O)[O-])ccc1F. The average molecular weight is 371 g/mol. The third-order valence-electron chi connectivity index (χ3n) is 3.54. The van der Waals surface area contributed by atoms with E-state index in [1.807, 2.05) is 6.07 Å². The van der Waals surface area contributed by atoms with Crippen LogP contribution in [-0.2, 0) is 21.6 Å². The molecule has 0 amide bonds. The van der Waals surface area contributed by atoms with Crippen molar-refractivity contribution in [1.29, 1.82) is 5.26 Å². The lowest BCUT2D eigenvalue weighted by molar-refractivity contribution is -0.385. The number of hydrogen-bond acceptors (Lipinski definition) is 6. The van der Waals surface area contributed by atoms with Gasteiger partial charge < -0.3 is 9.29 Å². The van der Waals surface area contributed by atoms with E-state index in [4.69, 9.17) is 10.00 Å². The molecule has 138 valence electrons. The molecule has 1 rings (SSSR count). The molecule has 0 heterocycles. The Bertz CT molecular complexity index is 660.